The molecule has 0 spiro atoms. The molecule has 0 aromatic heterocycles. The molecular formula is C20H20N2O3. The van der Waals surface area contributed by atoms with Crippen LogP contribution in [-0.4, -0.2) is 28.7 Å². The molecule has 2 aromatic rings. The zero-order chi connectivity index (χ0) is 18.1. The molecule has 0 aliphatic carbocycles. The molecule has 5 nitrogen and oxygen atoms in total. The first kappa shape index (κ1) is 16.9. The maximum atomic E-state index is 12.5. The summed E-state index contributed by atoms with van der Waals surface area (Å²) < 4.78 is 0. The van der Waals surface area contributed by atoms with E-state index < -0.39 is 23.8 Å². The van der Waals surface area contributed by atoms with Crippen molar-refractivity contribution in [3.63, 3.8) is 0 Å². The lowest BCUT2D eigenvalue weighted by Gasteiger charge is -2.21. The van der Waals surface area contributed by atoms with Crippen LogP contribution in [0.4, 0.5) is 5.69 Å². The number of imide groups is 1. The molecule has 0 unspecified atom stereocenters. The van der Waals surface area contributed by atoms with Gasteiger partial charge < -0.3 is 5.32 Å². The van der Waals surface area contributed by atoms with Gasteiger partial charge in [-0.15, -0.1) is 0 Å². The van der Waals surface area contributed by atoms with Crippen LogP contribution in [0.1, 0.15) is 53.0 Å². The second-order valence-electron chi connectivity index (χ2n) is 6.47. The molecule has 5 heteroatoms. The second-order valence-corrected chi connectivity index (χ2v) is 6.47. The van der Waals surface area contributed by atoms with Crippen LogP contribution in [0.3, 0.4) is 0 Å². The molecule has 1 atom stereocenters. The summed E-state index contributed by atoms with van der Waals surface area (Å²) in [6.07, 6.45) is 0. The molecule has 0 bridgehead atoms. The number of nitrogens with one attached hydrogen (secondary N) is 1. The topological polar surface area (TPSA) is 66.5 Å². The Balaban J connectivity index is 1.75. The summed E-state index contributed by atoms with van der Waals surface area (Å²) in [7, 11) is 0. The number of nitrogens with zero attached hydrogens (tertiary/aromatic N) is 1. The third kappa shape index (κ3) is 3.05. The Hall–Kier alpha value is -2.95. The first-order chi connectivity index (χ1) is 11.9. The lowest BCUT2D eigenvalue weighted by molar-refractivity contribution is -0.119. The van der Waals surface area contributed by atoms with Gasteiger partial charge in [0.1, 0.15) is 6.04 Å². The highest BCUT2D eigenvalue weighted by molar-refractivity contribution is 6.23. The number of carbonyl (C=O) groups is 3. The fourth-order valence-corrected chi connectivity index (χ4v) is 2.87. The van der Waals surface area contributed by atoms with Crippen molar-refractivity contribution in [1.82, 2.24) is 4.90 Å². The molecule has 3 amide bonds. The quantitative estimate of drug-likeness (QED) is 0.870. The van der Waals surface area contributed by atoms with Crippen molar-refractivity contribution in [2.24, 2.45) is 0 Å². The third-order valence-corrected chi connectivity index (χ3v) is 4.44. The molecule has 1 N–H and O–H groups in total. The summed E-state index contributed by atoms with van der Waals surface area (Å²) in [5.41, 5.74) is 2.49. The molecule has 3 rings (SSSR count). The second kappa shape index (κ2) is 6.51. The SMILES string of the molecule is CC(C)c1ccc(NC(=O)[C@H](C)N2C(=O)c3ccccc3C2=O)cc1. The number of carbonyl (C=O) groups excluding carboxylic acids is 3. The fraction of sp³-hybridized carbons (Fsp3) is 0.250. The van der Waals surface area contributed by atoms with Gasteiger partial charge in [-0.25, -0.2) is 0 Å². The highest BCUT2D eigenvalue weighted by atomic mass is 16.2. The average Bonchev–Trinajstić information content (AvgIpc) is 2.86. The Bertz CT molecular complexity index is 805. The normalized spacial score (nSPS) is 14.6. The Morgan fingerprint density at radius 2 is 1.40 bits per heavy atom. The predicted molar refractivity (Wildman–Crippen MR) is 95.6 cm³/mol. The Kier molecular flexibility index (Phi) is 4.40. The molecule has 25 heavy (non-hydrogen) atoms. The van der Waals surface area contributed by atoms with Crippen molar-refractivity contribution in [2.75, 3.05) is 5.32 Å². The highest BCUT2D eigenvalue weighted by Gasteiger charge is 2.40. The largest absolute Gasteiger partial charge is 0.324 e. The zero-order valence-corrected chi connectivity index (χ0v) is 14.4. The number of fused-ring (bicyclic) bond motifs is 1. The lowest BCUT2D eigenvalue weighted by atomic mass is 10.0. The molecule has 0 saturated carbocycles. The summed E-state index contributed by atoms with van der Waals surface area (Å²) in [6.45, 7) is 5.75. The molecule has 1 heterocycles. The summed E-state index contributed by atoms with van der Waals surface area (Å²) in [6, 6.07) is 13.3. The van der Waals surface area contributed by atoms with Gasteiger partial charge in [0.25, 0.3) is 11.8 Å². The third-order valence-electron chi connectivity index (χ3n) is 4.44. The van der Waals surface area contributed by atoms with E-state index in [1.807, 2.05) is 24.3 Å². The lowest BCUT2D eigenvalue weighted by Crippen LogP contribution is -2.45. The minimum atomic E-state index is -0.892. The van der Waals surface area contributed by atoms with Gasteiger partial charge in [0.15, 0.2) is 0 Å². The molecular weight excluding hydrogens is 316 g/mol. The smallest absolute Gasteiger partial charge is 0.262 e. The zero-order valence-electron chi connectivity index (χ0n) is 14.4. The Labute approximate surface area is 146 Å². The van der Waals surface area contributed by atoms with Gasteiger partial charge in [-0.2, -0.15) is 0 Å². The van der Waals surface area contributed by atoms with Crippen molar-refractivity contribution < 1.29 is 14.4 Å². The summed E-state index contributed by atoms with van der Waals surface area (Å²) in [5.74, 6) is -0.856. The summed E-state index contributed by atoms with van der Waals surface area (Å²) in [5, 5.41) is 2.77. The van der Waals surface area contributed by atoms with Crippen LogP contribution in [0, 0.1) is 0 Å². The number of amides is 3. The van der Waals surface area contributed by atoms with Crippen molar-refractivity contribution in [3.05, 3.63) is 65.2 Å². The van der Waals surface area contributed by atoms with Gasteiger partial charge in [-0.1, -0.05) is 38.1 Å². The van der Waals surface area contributed by atoms with E-state index in [1.165, 1.54) is 5.56 Å². The van der Waals surface area contributed by atoms with Crippen LogP contribution in [0.2, 0.25) is 0 Å². The molecule has 1 aliphatic rings. The average molecular weight is 336 g/mol. The molecule has 0 radical (unpaired) electrons. The van der Waals surface area contributed by atoms with Crippen molar-refractivity contribution in [1.29, 1.82) is 0 Å². The van der Waals surface area contributed by atoms with Crippen LogP contribution in [-0.2, 0) is 4.79 Å². The van der Waals surface area contributed by atoms with Crippen LogP contribution >= 0.6 is 0 Å². The van der Waals surface area contributed by atoms with Crippen molar-refractivity contribution in [2.45, 2.75) is 32.7 Å². The first-order valence-corrected chi connectivity index (χ1v) is 8.28. The van der Waals surface area contributed by atoms with E-state index >= 15 is 0 Å². The predicted octanol–water partition coefficient (Wildman–Crippen LogP) is 3.43. The minimum Gasteiger partial charge on any atom is -0.324 e. The number of hydrogen-bond donors (Lipinski definition) is 1. The number of rotatable bonds is 4. The van der Waals surface area contributed by atoms with Gasteiger partial charge in [0.05, 0.1) is 11.1 Å². The number of hydrogen-bond acceptors (Lipinski definition) is 3. The summed E-state index contributed by atoms with van der Waals surface area (Å²) in [4.78, 5) is 38.4. The van der Waals surface area contributed by atoms with Gasteiger partial charge in [-0.3, -0.25) is 19.3 Å². The summed E-state index contributed by atoms with van der Waals surface area (Å²) >= 11 is 0. The van der Waals surface area contributed by atoms with E-state index in [1.54, 1.807) is 31.2 Å². The monoisotopic (exact) mass is 336 g/mol. The van der Waals surface area contributed by atoms with Gasteiger partial charge >= 0.3 is 0 Å². The van der Waals surface area contributed by atoms with Crippen molar-refractivity contribution >= 4 is 23.4 Å². The van der Waals surface area contributed by atoms with Crippen molar-refractivity contribution in [3.8, 4) is 0 Å². The molecule has 0 saturated heterocycles. The standard InChI is InChI=1S/C20H20N2O3/c1-12(2)14-8-10-15(11-9-14)21-18(23)13(3)22-19(24)16-6-4-5-7-17(16)20(22)25/h4-13H,1-3H3,(H,21,23)/t13-/m0/s1. The Morgan fingerprint density at radius 3 is 1.88 bits per heavy atom. The van der Waals surface area contributed by atoms with E-state index in [0.29, 0.717) is 22.7 Å². The van der Waals surface area contributed by atoms with Crippen LogP contribution < -0.4 is 5.32 Å². The van der Waals surface area contributed by atoms with Gasteiger partial charge in [0.2, 0.25) is 5.91 Å². The van der Waals surface area contributed by atoms with E-state index in [0.717, 1.165) is 4.90 Å². The highest BCUT2D eigenvalue weighted by Crippen LogP contribution is 2.25. The number of benzene rings is 2. The van der Waals surface area contributed by atoms with E-state index in [9.17, 15) is 14.4 Å². The van der Waals surface area contributed by atoms with Crippen LogP contribution in [0.5, 0.6) is 0 Å². The van der Waals surface area contributed by atoms with Gasteiger partial charge in [0, 0.05) is 5.69 Å². The minimum absolute atomic E-state index is 0.341. The molecule has 128 valence electrons. The fourth-order valence-electron chi connectivity index (χ4n) is 2.87. The first-order valence-electron chi connectivity index (χ1n) is 8.28. The maximum absolute atomic E-state index is 12.5. The molecule has 0 fully saturated rings. The van der Waals surface area contributed by atoms with Crippen LogP contribution in [0.25, 0.3) is 0 Å². The molecule has 1 aliphatic heterocycles. The van der Waals surface area contributed by atoms with E-state index in [4.69, 9.17) is 0 Å². The van der Waals surface area contributed by atoms with E-state index in [2.05, 4.69) is 19.2 Å². The van der Waals surface area contributed by atoms with Crippen LogP contribution in [0.15, 0.2) is 48.5 Å². The maximum Gasteiger partial charge on any atom is 0.262 e. The molecule has 2 aromatic carbocycles. The Morgan fingerprint density at radius 1 is 0.880 bits per heavy atom. The van der Waals surface area contributed by atoms with Gasteiger partial charge in [-0.05, 0) is 42.7 Å². The van der Waals surface area contributed by atoms with E-state index in [-0.39, 0.29) is 0 Å². The number of anilines is 1.